The zero-order valence-corrected chi connectivity index (χ0v) is 15.8. The summed E-state index contributed by atoms with van der Waals surface area (Å²) in [6.07, 6.45) is 3.16. The fraction of sp³-hybridized carbons (Fsp3) is 0.421. The van der Waals surface area contributed by atoms with Crippen LogP contribution in [0.4, 0.5) is 11.5 Å². The van der Waals surface area contributed by atoms with Crippen molar-refractivity contribution in [2.75, 3.05) is 26.1 Å². The summed E-state index contributed by atoms with van der Waals surface area (Å²) in [4.78, 5) is 20.9. The molecule has 0 aliphatic rings. The van der Waals surface area contributed by atoms with Gasteiger partial charge in [0.2, 0.25) is 0 Å². The minimum absolute atomic E-state index is 0.198. The van der Waals surface area contributed by atoms with Crippen molar-refractivity contribution < 1.29 is 14.3 Å². The zero-order valence-electron chi connectivity index (χ0n) is 15.8. The number of methoxy groups -OCH3 is 2. The average Bonchev–Trinajstić information content (AvgIpc) is 2.65. The Morgan fingerprint density at radius 2 is 1.92 bits per heavy atom. The zero-order chi connectivity index (χ0) is 18.9. The standard InChI is InChI=1S/C19H26N4O3/c1-5-6-7-10-20-19(24)16-12-18(22-13(2)21-16)23-15-9-8-14(25-3)11-17(15)26-4/h8-9,11-12H,5-7,10H2,1-4H3,(H,20,24)(H,21,22,23). The summed E-state index contributed by atoms with van der Waals surface area (Å²) in [6, 6.07) is 7.06. The maximum Gasteiger partial charge on any atom is 0.270 e. The van der Waals surface area contributed by atoms with Gasteiger partial charge in [-0.2, -0.15) is 0 Å². The third-order valence-electron chi connectivity index (χ3n) is 3.81. The predicted octanol–water partition coefficient (Wildman–Crippen LogP) is 3.47. The first-order chi connectivity index (χ1) is 12.6. The van der Waals surface area contributed by atoms with E-state index in [-0.39, 0.29) is 5.91 Å². The molecule has 0 saturated heterocycles. The van der Waals surface area contributed by atoms with Gasteiger partial charge in [-0.3, -0.25) is 4.79 Å². The van der Waals surface area contributed by atoms with Crippen molar-refractivity contribution in [2.24, 2.45) is 0 Å². The molecule has 0 saturated carbocycles. The van der Waals surface area contributed by atoms with Crippen LogP contribution in [0.5, 0.6) is 11.5 Å². The van der Waals surface area contributed by atoms with Crippen molar-refractivity contribution in [1.29, 1.82) is 0 Å². The van der Waals surface area contributed by atoms with E-state index in [1.54, 1.807) is 33.3 Å². The number of rotatable bonds is 9. The smallest absolute Gasteiger partial charge is 0.270 e. The van der Waals surface area contributed by atoms with Gasteiger partial charge in [0.25, 0.3) is 5.91 Å². The van der Waals surface area contributed by atoms with Gasteiger partial charge in [-0.1, -0.05) is 19.8 Å². The average molecular weight is 358 g/mol. The highest BCUT2D eigenvalue weighted by atomic mass is 16.5. The molecule has 7 nitrogen and oxygen atoms in total. The first kappa shape index (κ1) is 19.5. The monoisotopic (exact) mass is 358 g/mol. The lowest BCUT2D eigenvalue weighted by Crippen LogP contribution is -2.25. The number of carbonyl (C=O) groups excluding carboxylic acids is 1. The quantitative estimate of drug-likeness (QED) is 0.668. The van der Waals surface area contributed by atoms with Crippen molar-refractivity contribution in [3.05, 3.63) is 35.8 Å². The SMILES string of the molecule is CCCCCNC(=O)c1cc(Nc2ccc(OC)cc2OC)nc(C)n1. The van der Waals surface area contributed by atoms with Gasteiger partial charge in [0.1, 0.15) is 28.8 Å². The number of carbonyl (C=O) groups is 1. The van der Waals surface area contributed by atoms with Crippen molar-refractivity contribution in [2.45, 2.75) is 33.1 Å². The fourth-order valence-corrected chi connectivity index (χ4v) is 2.46. The van der Waals surface area contributed by atoms with Crippen LogP contribution in [0.1, 0.15) is 42.5 Å². The van der Waals surface area contributed by atoms with Gasteiger partial charge in [0.05, 0.1) is 19.9 Å². The Balaban J connectivity index is 2.15. The molecule has 1 aromatic carbocycles. The van der Waals surface area contributed by atoms with Gasteiger partial charge in [-0.05, 0) is 25.5 Å². The van der Waals surface area contributed by atoms with E-state index in [0.29, 0.717) is 35.4 Å². The highest BCUT2D eigenvalue weighted by Crippen LogP contribution is 2.31. The van der Waals surface area contributed by atoms with Crippen molar-refractivity contribution >= 4 is 17.4 Å². The minimum Gasteiger partial charge on any atom is -0.497 e. The molecule has 0 fully saturated rings. The Morgan fingerprint density at radius 1 is 1.12 bits per heavy atom. The number of unbranched alkanes of at least 4 members (excludes halogenated alkanes) is 2. The number of hydrogen-bond acceptors (Lipinski definition) is 6. The van der Waals surface area contributed by atoms with Crippen LogP contribution in [0, 0.1) is 6.92 Å². The highest BCUT2D eigenvalue weighted by molar-refractivity contribution is 5.93. The molecular formula is C19H26N4O3. The molecule has 0 bridgehead atoms. The van der Waals surface area contributed by atoms with Crippen LogP contribution in [0.25, 0.3) is 0 Å². The molecule has 1 aromatic heterocycles. The highest BCUT2D eigenvalue weighted by Gasteiger charge is 2.12. The van der Waals surface area contributed by atoms with E-state index in [1.165, 1.54) is 0 Å². The largest absolute Gasteiger partial charge is 0.497 e. The molecule has 26 heavy (non-hydrogen) atoms. The van der Waals surface area contributed by atoms with Gasteiger partial charge in [-0.15, -0.1) is 0 Å². The Hall–Kier alpha value is -2.83. The number of nitrogens with one attached hydrogen (secondary N) is 2. The Labute approximate surface area is 154 Å². The molecule has 0 atom stereocenters. The molecule has 2 aromatic rings. The summed E-state index contributed by atoms with van der Waals surface area (Å²) in [5.74, 6) is 2.15. The number of ether oxygens (including phenoxy) is 2. The fourth-order valence-electron chi connectivity index (χ4n) is 2.46. The third-order valence-corrected chi connectivity index (χ3v) is 3.81. The molecule has 0 spiro atoms. The van der Waals surface area contributed by atoms with Crippen LogP contribution >= 0.6 is 0 Å². The van der Waals surface area contributed by atoms with E-state index in [0.717, 1.165) is 24.9 Å². The lowest BCUT2D eigenvalue weighted by atomic mass is 10.2. The Bertz CT molecular complexity index is 750. The van der Waals surface area contributed by atoms with Crippen LogP contribution in [-0.4, -0.2) is 36.6 Å². The second-order valence-electron chi connectivity index (χ2n) is 5.84. The number of amides is 1. The van der Waals surface area contributed by atoms with E-state index < -0.39 is 0 Å². The first-order valence-corrected chi connectivity index (χ1v) is 8.70. The van der Waals surface area contributed by atoms with E-state index in [9.17, 15) is 4.79 Å². The topological polar surface area (TPSA) is 85.4 Å². The molecular weight excluding hydrogens is 332 g/mol. The van der Waals surface area contributed by atoms with Crippen LogP contribution in [0.2, 0.25) is 0 Å². The van der Waals surface area contributed by atoms with Crippen molar-refractivity contribution in [3.63, 3.8) is 0 Å². The van der Waals surface area contributed by atoms with E-state index in [4.69, 9.17) is 9.47 Å². The maximum absolute atomic E-state index is 12.3. The minimum atomic E-state index is -0.198. The lowest BCUT2D eigenvalue weighted by Gasteiger charge is -2.13. The van der Waals surface area contributed by atoms with Crippen LogP contribution < -0.4 is 20.1 Å². The number of benzene rings is 1. The molecule has 0 aliphatic heterocycles. The second kappa shape index (κ2) is 9.60. The maximum atomic E-state index is 12.3. The molecule has 2 N–H and O–H groups in total. The normalized spacial score (nSPS) is 10.3. The van der Waals surface area contributed by atoms with Gasteiger partial charge >= 0.3 is 0 Å². The summed E-state index contributed by atoms with van der Waals surface area (Å²) in [5.41, 5.74) is 1.06. The molecule has 0 aliphatic carbocycles. The van der Waals surface area contributed by atoms with Crippen molar-refractivity contribution in [1.82, 2.24) is 15.3 Å². The summed E-state index contributed by atoms with van der Waals surface area (Å²) >= 11 is 0. The van der Waals surface area contributed by atoms with Gasteiger partial charge in [0, 0.05) is 18.7 Å². The second-order valence-corrected chi connectivity index (χ2v) is 5.84. The number of anilines is 2. The van der Waals surface area contributed by atoms with Crippen LogP contribution in [-0.2, 0) is 0 Å². The van der Waals surface area contributed by atoms with Gasteiger partial charge in [-0.25, -0.2) is 9.97 Å². The number of hydrogen-bond donors (Lipinski definition) is 2. The van der Waals surface area contributed by atoms with Gasteiger partial charge in [0.15, 0.2) is 0 Å². The first-order valence-electron chi connectivity index (χ1n) is 8.70. The molecule has 2 rings (SSSR count). The van der Waals surface area contributed by atoms with Gasteiger partial charge < -0.3 is 20.1 Å². The summed E-state index contributed by atoms with van der Waals surface area (Å²) in [5, 5.41) is 6.07. The Kier molecular flexibility index (Phi) is 7.20. The summed E-state index contributed by atoms with van der Waals surface area (Å²) < 4.78 is 10.6. The number of aromatic nitrogens is 2. The lowest BCUT2D eigenvalue weighted by molar-refractivity contribution is 0.0947. The molecule has 0 unspecified atom stereocenters. The molecule has 1 amide bonds. The van der Waals surface area contributed by atoms with Crippen molar-refractivity contribution in [3.8, 4) is 11.5 Å². The van der Waals surface area contributed by atoms with Crippen LogP contribution in [0.3, 0.4) is 0 Å². The van der Waals surface area contributed by atoms with E-state index >= 15 is 0 Å². The summed E-state index contributed by atoms with van der Waals surface area (Å²) in [6.45, 7) is 4.52. The molecule has 140 valence electrons. The molecule has 1 heterocycles. The van der Waals surface area contributed by atoms with E-state index in [1.807, 2.05) is 12.1 Å². The van der Waals surface area contributed by atoms with E-state index in [2.05, 4.69) is 27.5 Å². The third kappa shape index (κ3) is 5.34. The number of nitrogens with zero attached hydrogens (tertiary/aromatic N) is 2. The predicted molar refractivity (Wildman–Crippen MR) is 101 cm³/mol. The number of aryl methyl sites for hydroxylation is 1. The van der Waals surface area contributed by atoms with Crippen LogP contribution in [0.15, 0.2) is 24.3 Å². The molecule has 7 heteroatoms. The summed E-state index contributed by atoms with van der Waals surface area (Å²) in [7, 11) is 3.18. The Morgan fingerprint density at radius 3 is 2.62 bits per heavy atom. The molecule has 0 radical (unpaired) electrons.